The molecule has 21 heavy (non-hydrogen) atoms. The van der Waals surface area contributed by atoms with Crippen LogP contribution in [0.1, 0.15) is 11.1 Å². The number of fused-ring (bicyclic) bond motifs is 2. The van der Waals surface area contributed by atoms with Crippen LogP contribution in [-0.4, -0.2) is 24.1 Å². The van der Waals surface area contributed by atoms with E-state index in [4.69, 9.17) is 4.74 Å². The molecule has 1 aromatic rings. The molecular weight excluding hydrogens is 270 g/mol. The van der Waals surface area contributed by atoms with Gasteiger partial charge in [0.25, 0.3) is 0 Å². The third-order valence-electron chi connectivity index (χ3n) is 4.25. The number of hydrogen-bond acceptors (Lipinski definition) is 4. The molecule has 1 amide bonds. The Morgan fingerprint density at radius 1 is 1.10 bits per heavy atom. The van der Waals surface area contributed by atoms with Gasteiger partial charge in [-0.1, -0.05) is 18.2 Å². The lowest BCUT2D eigenvalue weighted by atomic mass is 9.82. The highest BCUT2D eigenvalue weighted by Crippen LogP contribution is 2.39. The Balaban J connectivity index is 1.80. The van der Waals surface area contributed by atoms with Crippen molar-refractivity contribution in [2.45, 2.75) is 26.1 Å². The first-order chi connectivity index (χ1) is 9.97. The molecule has 1 saturated heterocycles. The molecule has 4 atom stereocenters. The van der Waals surface area contributed by atoms with Crippen LogP contribution in [-0.2, 0) is 14.3 Å². The third kappa shape index (κ3) is 2.34. The maximum Gasteiger partial charge on any atom is 0.231 e. The Kier molecular flexibility index (Phi) is 3.29. The maximum atomic E-state index is 12.4. The van der Waals surface area contributed by atoms with Gasteiger partial charge in [-0.25, -0.2) is 0 Å². The van der Waals surface area contributed by atoms with Crippen LogP contribution in [0.3, 0.4) is 0 Å². The minimum absolute atomic E-state index is 0.343. The monoisotopic (exact) mass is 286 g/mol. The number of carbonyl (C=O) groups is 2. The van der Waals surface area contributed by atoms with Gasteiger partial charge in [0.05, 0.1) is 18.1 Å². The van der Waals surface area contributed by atoms with Crippen LogP contribution in [0.5, 0.6) is 0 Å². The molecule has 0 aliphatic carbocycles. The fourth-order valence-electron chi connectivity index (χ4n) is 2.95. The average Bonchev–Trinajstić information content (AvgIpc) is 3.03. The molecule has 2 aliphatic heterocycles. The summed E-state index contributed by atoms with van der Waals surface area (Å²) in [5, 5.41) is 14.0. The number of carbonyl (C=O) groups excluding carboxylic acids is 2. The molecule has 0 aromatic heterocycles. The van der Waals surface area contributed by atoms with Crippen LogP contribution < -0.4 is 10.4 Å². The molecule has 0 unspecified atom stereocenters. The van der Waals surface area contributed by atoms with E-state index >= 15 is 0 Å². The van der Waals surface area contributed by atoms with Gasteiger partial charge in [0.15, 0.2) is 0 Å². The smallest absolute Gasteiger partial charge is 0.231 e. The second-order valence-electron chi connectivity index (χ2n) is 5.61. The second kappa shape index (κ2) is 5.00. The van der Waals surface area contributed by atoms with Crippen LogP contribution in [0, 0.1) is 25.7 Å². The van der Waals surface area contributed by atoms with Crippen LogP contribution in [0.4, 0.5) is 5.69 Å². The van der Waals surface area contributed by atoms with Crippen molar-refractivity contribution in [3.05, 3.63) is 41.5 Å². The van der Waals surface area contributed by atoms with Gasteiger partial charge in [0, 0.05) is 17.6 Å². The number of ether oxygens (including phenoxy) is 1. The number of hydrogen-bond donors (Lipinski definition) is 1. The predicted molar refractivity (Wildman–Crippen MR) is 74.3 cm³/mol. The molecule has 5 heteroatoms. The largest absolute Gasteiger partial charge is 0.550 e. The fourth-order valence-corrected chi connectivity index (χ4v) is 2.95. The summed E-state index contributed by atoms with van der Waals surface area (Å²) in [4.78, 5) is 23.7. The molecule has 2 bridgehead atoms. The highest BCUT2D eigenvalue weighted by molar-refractivity contribution is 5.96. The quantitative estimate of drug-likeness (QED) is 0.824. The molecule has 0 spiro atoms. The summed E-state index contributed by atoms with van der Waals surface area (Å²) in [6.07, 6.45) is 2.39. The summed E-state index contributed by atoms with van der Waals surface area (Å²) < 4.78 is 5.47. The van der Waals surface area contributed by atoms with Gasteiger partial charge in [-0.15, -0.1) is 0 Å². The highest BCUT2D eigenvalue weighted by Gasteiger charge is 2.50. The van der Waals surface area contributed by atoms with Crippen molar-refractivity contribution >= 4 is 17.6 Å². The lowest BCUT2D eigenvalue weighted by Crippen LogP contribution is -2.45. The molecule has 3 rings (SSSR count). The predicted octanol–water partition coefficient (Wildman–Crippen LogP) is 0.561. The SMILES string of the molecule is Cc1ccc(NC(=O)[C@@H]2[C@@H](C(=O)[O-])[C@H]3C=C[C@@H]2O3)cc1C. The Labute approximate surface area is 122 Å². The van der Waals surface area contributed by atoms with Crippen molar-refractivity contribution in [3.63, 3.8) is 0 Å². The Bertz CT molecular complexity index is 637. The van der Waals surface area contributed by atoms with Gasteiger partial charge >= 0.3 is 0 Å². The normalized spacial score (nSPS) is 29.6. The number of rotatable bonds is 3. The number of aliphatic carboxylic acids is 1. The molecular formula is C16H16NO4-. The second-order valence-corrected chi connectivity index (χ2v) is 5.61. The van der Waals surface area contributed by atoms with Crippen LogP contribution in [0.15, 0.2) is 30.4 Å². The number of carboxylic acids is 1. The molecule has 0 radical (unpaired) electrons. The van der Waals surface area contributed by atoms with Crippen molar-refractivity contribution in [2.24, 2.45) is 11.8 Å². The van der Waals surface area contributed by atoms with Crippen molar-refractivity contribution < 1.29 is 19.4 Å². The lowest BCUT2D eigenvalue weighted by Gasteiger charge is -2.25. The zero-order valence-corrected chi connectivity index (χ0v) is 11.8. The lowest BCUT2D eigenvalue weighted by molar-refractivity contribution is -0.313. The minimum Gasteiger partial charge on any atom is -0.550 e. The summed E-state index contributed by atoms with van der Waals surface area (Å²) in [6, 6.07) is 5.59. The summed E-state index contributed by atoms with van der Waals surface area (Å²) in [7, 11) is 0. The van der Waals surface area contributed by atoms with Crippen LogP contribution in [0.25, 0.3) is 0 Å². The van der Waals surface area contributed by atoms with E-state index in [1.54, 1.807) is 18.2 Å². The van der Waals surface area contributed by atoms with Crippen molar-refractivity contribution in [2.75, 3.05) is 5.32 Å². The zero-order chi connectivity index (χ0) is 15.1. The summed E-state index contributed by atoms with van der Waals surface area (Å²) in [5.41, 5.74) is 2.85. The number of anilines is 1. The van der Waals surface area contributed by atoms with Crippen molar-refractivity contribution in [3.8, 4) is 0 Å². The van der Waals surface area contributed by atoms with Gasteiger partial charge in [-0.3, -0.25) is 4.79 Å². The van der Waals surface area contributed by atoms with E-state index in [-0.39, 0.29) is 5.91 Å². The van der Waals surface area contributed by atoms with E-state index in [0.717, 1.165) is 11.1 Å². The number of amides is 1. The van der Waals surface area contributed by atoms with E-state index in [0.29, 0.717) is 5.69 Å². The Morgan fingerprint density at radius 3 is 2.38 bits per heavy atom. The van der Waals surface area contributed by atoms with Crippen molar-refractivity contribution in [1.29, 1.82) is 0 Å². The van der Waals surface area contributed by atoms with E-state index in [1.807, 2.05) is 26.0 Å². The molecule has 2 aliphatic rings. The van der Waals surface area contributed by atoms with E-state index < -0.39 is 30.0 Å². The molecule has 2 heterocycles. The molecule has 1 fully saturated rings. The summed E-state index contributed by atoms with van der Waals surface area (Å²) in [5.74, 6) is -3.26. The van der Waals surface area contributed by atoms with Crippen molar-refractivity contribution in [1.82, 2.24) is 0 Å². The molecule has 110 valence electrons. The maximum absolute atomic E-state index is 12.4. The Morgan fingerprint density at radius 2 is 1.76 bits per heavy atom. The average molecular weight is 286 g/mol. The standard InChI is InChI=1S/C16H17NO4/c1-8-3-4-10(7-9(8)2)17-15(18)13-11-5-6-12(21-11)14(13)16(19)20/h3-7,11-14H,1-2H3,(H,17,18)(H,19,20)/p-1/t11-,12+,13-,14-/m0/s1. The van der Waals surface area contributed by atoms with E-state index in [2.05, 4.69) is 5.32 Å². The first-order valence-corrected chi connectivity index (χ1v) is 6.90. The minimum atomic E-state index is -1.24. The van der Waals surface area contributed by atoms with Gasteiger partial charge in [0.1, 0.15) is 0 Å². The number of aryl methyl sites for hydroxylation is 2. The topological polar surface area (TPSA) is 78.5 Å². The van der Waals surface area contributed by atoms with Gasteiger partial charge in [-0.05, 0) is 37.1 Å². The van der Waals surface area contributed by atoms with Crippen LogP contribution >= 0.6 is 0 Å². The highest BCUT2D eigenvalue weighted by atomic mass is 16.5. The van der Waals surface area contributed by atoms with Gasteiger partial charge < -0.3 is 20.0 Å². The van der Waals surface area contributed by atoms with E-state index in [9.17, 15) is 14.7 Å². The van der Waals surface area contributed by atoms with Crippen LogP contribution in [0.2, 0.25) is 0 Å². The third-order valence-corrected chi connectivity index (χ3v) is 4.25. The number of carboxylic acid groups (broad SMARTS) is 1. The first kappa shape index (κ1) is 13.8. The summed E-state index contributed by atoms with van der Waals surface area (Å²) in [6.45, 7) is 3.94. The molecule has 0 saturated carbocycles. The molecule has 1 aromatic carbocycles. The first-order valence-electron chi connectivity index (χ1n) is 6.90. The molecule has 1 N–H and O–H groups in total. The Hall–Kier alpha value is -2.14. The number of benzene rings is 1. The van der Waals surface area contributed by atoms with Gasteiger partial charge in [0.2, 0.25) is 5.91 Å². The summed E-state index contributed by atoms with van der Waals surface area (Å²) >= 11 is 0. The molecule has 5 nitrogen and oxygen atoms in total. The fraction of sp³-hybridized carbons (Fsp3) is 0.375. The zero-order valence-electron chi connectivity index (χ0n) is 11.8. The number of nitrogens with one attached hydrogen (secondary N) is 1. The van der Waals surface area contributed by atoms with Gasteiger partial charge in [-0.2, -0.15) is 0 Å². The van der Waals surface area contributed by atoms with E-state index in [1.165, 1.54) is 0 Å².